The number of aryl methyl sites for hydroxylation is 3. The van der Waals surface area contributed by atoms with Crippen LogP contribution in [0.2, 0.25) is 0 Å². The molecule has 0 spiro atoms. The van der Waals surface area contributed by atoms with Crippen molar-refractivity contribution in [1.29, 1.82) is 0 Å². The summed E-state index contributed by atoms with van der Waals surface area (Å²) in [6.07, 6.45) is 1.42. The molecule has 0 saturated carbocycles. The van der Waals surface area contributed by atoms with Crippen molar-refractivity contribution in [2.45, 2.75) is 27.3 Å². The molecule has 0 aliphatic rings. The normalized spacial score (nSPS) is 11.0. The van der Waals surface area contributed by atoms with E-state index < -0.39 is 0 Å². The van der Waals surface area contributed by atoms with Gasteiger partial charge in [-0.2, -0.15) is 5.10 Å². The van der Waals surface area contributed by atoms with Gasteiger partial charge >= 0.3 is 0 Å². The summed E-state index contributed by atoms with van der Waals surface area (Å²) in [5.41, 5.74) is 3.13. The van der Waals surface area contributed by atoms with Crippen LogP contribution in [0.4, 0.5) is 5.82 Å². The number of carbonyl (C=O) groups excluding carboxylic acids is 1. The van der Waals surface area contributed by atoms with E-state index in [1.807, 2.05) is 32.9 Å². The average Bonchev–Trinajstić information content (AvgIpc) is 2.77. The zero-order valence-electron chi connectivity index (χ0n) is 14.1. The second-order valence-corrected chi connectivity index (χ2v) is 5.88. The number of benzene rings is 1. The summed E-state index contributed by atoms with van der Waals surface area (Å²) in [5.74, 6) is 0.340. The van der Waals surface area contributed by atoms with E-state index in [0.29, 0.717) is 16.7 Å². The molecule has 0 unspecified atom stereocenters. The van der Waals surface area contributed by atoms with Gasteiger partial charge in [0, 0.05) is 12.6 Å². The Morgan fingerprint density at radius 2 is 2.00 bits per heavy atom. The summed E-state index contributed by atoms with van der Waals surface area (Å²) >= 11 is 0. The van der Waals surface area contributed by atoms with E-state index in [-0.39, 0.29) is 18.0 Å². The molecule has 0 aliphatic heterocycles. The fourth-order valence-corrected chi connectivity index (χ4v) is 2.72. The molecule has 0 atom stereocenters. The summed E-state index contributed by atoms with van der Waals surface area (Å²) in [5, 5.41) is 7.58. The zero-order valence-corrected chi connectivity index (χ0v) is 14.1. The molecule has 3 rings (SSSR count). The molecule has 2 aromatic heterocycles. The Morgan fingerprint density at radius 1 is 1.25 bits per heavy atom. The Bertz CT molecular complexity index is 1000. The van der Waals surface area contributed by atoms with Crippen LogP contribution in [0.3, 0.4) is 0 Å². The summed E-state index contributed by atoms with van der Waals surface area (Å²) < 4.78 is 2.93. The Labute approximate surface area is 138 Å². The second kappa shape index (κ2) is 5.92. The number of aromatic nitrogens is 4. The van der Waals surface area contributed by atoms with Gasteiger partial charge in [0.05, 0.1) is 22.9 Å². The van der Waals surface area contributed by atoms with E-state index >= 15 is 0 Å². The molecule has 0 fully saturated rings. The maximum absolute atomic E-state index is 12.5. The number of hydrogen-bond acceptors (Lipinski definition) is 4. The van der Waals surface area contributed by atoms with Crippen LogP contribution in [-0.4, -0.2) is 25.2 Å². The maximum Gasteiger partial charge on any atom is 0.261 e. The quantitative estimate of drug-likeness (QED) is 0.794. The monoisotopic (exact) mass is 325 g/mol. The third-order valence-electron chi connectivity index (χ3n) is 4.15. The first-order valence-corrected chi connectivity index (χ1v) is 7.63. The number of nitrogens with zero attached hydrogens (tertiary/aromatic N) is 4. The molecule has 1 N–H and O–H groups in total. The first-order chi connectivity index (χ1) is 11.4. The van der Waals surface area contributed by atoms with Crippen molar-refractivity contribution in [1.82, 2.24) is 19.3 Å². The lowest BCUT2D eigenvalue weighted by Gasteiger charge is -2.09. The third-order valence-corrected chi connectivity index (χ3v) is 4.15. The molecule has 1 amide bonds. The first kappa shape index (κ1) is 15.9. The summed E-state index contributed by atoms with van der Waals surface area (Å²) in [7, 11) is 1.77. The van der Waals surface area contributed by atoms with Crippen LogP contribution in [0, 0.1) is 20.8 Å². The number of para-hydroxylation sites is 1. The number of amides is 1. The van der Waals surface area contributed by atoms with Crippen LogP contribution in [0.5, 0.6) is 0 Å². The van der Waals surface area contributed by atoms with Crippen LogP contribution in [0.1, 0.15) is 16.8 Å². The molecule has 124 valence electrons. The van der Waals surface area contributed by atoms with Gasteiger partial charge in [0.1, 0.15) is 12.4 Å². The van der Waals surface area contributed by atoms with Crippen molar-refractivity contribution in [3.63, 3.8) is 0 Å². The highest BCUT2D eigenvalue weighted by Crippen LogP contribution is 2.17. The minimum Gasteiger partial charge on any atom is -0.309 e. The Morgan fingerprint density at radius 3 is 2.67 bits per heavy atom. The second-order valence-electron chi connectivity index (χ2n) is 5.88. The lowest BCUT2D eigenvalue weighted by molar-refractivity contribution is -0.116. The summed E-state index contributed by atoms with van der Waals surface area (Å²) in [4.78, 5) is 29.1. The highest BCUT2D eigenvalue weighted by Gasteiger charge is 2.14. The standard InChI is InChI=1S/C17H19N5O2/c1-10-6-5-7-13-15(10)18-9-22(17(13)24)8-14(23)19-16-11(2)12(3)20-21(16)4/h5-7,9H,8H2,1-4H3,(H,19,23). The minimum atomic E-state index is -0.294. The molecule has 3 aromatic rings. The van der Waals surface area contributed by atoms with Crippen LogP contribution in [-0.2, 0) is 18.4 Å². The molecule has 1 aromatic carbocycles. The van der Waals surface area contributed by atoms with E-state index in [1.165, 1.54) is 10.9 Å². The molecule has 2 heterocycles. The van der Waals surface area contributed by atoms with Crippen LogP contribution < -0.4 is 10.9 Å². The fraction of sp³-hybridized carbons (Fsp3) is 0.294. The average molecular weight is 325 g/mol. The fourth-order valence-electron chi connectivity index (χ4n) is 2.72. The summed E-state index contributed by atoms with van der Waals surface area (Å²) in [6, 6.07) is 5.44. The Balaban J connectivity index is 1.88. The van der Waals surface area contributed by atoms with E-state index in [2.05, 4.69) is 15.4 Å². The van der Waals surface area contributed by atoms with Crippen molar-refractivity contribution < 1.29 is 4.79 Å². The topological polar surface area (TPSA) is 81.8 Å². The highest BCUT2D eigenvalue weighted by atomic mass is 16.2. The highest BCUT2D eigenvalue weighted by molar-refractivity contribution is 5.90. The lowest BCUT2D eigenvalue weighted by atomic mass is 10.1. The summed E-state index contributed by atoms with van der Waals surface area (Å²) in [6.45, 7) is 5.58. The molecule has 0 bridgehead atoms. The molecule has 0 aliphatic carbocycles. The van der Waals surface area contributed by atoms with Gasteiger partial charge in [-0.1, -0.05) is 12.1 Å². The Hall–Kier alpha value is -2.96. The van der Waals surface area contributed by atoms with E-state index in [9.17, 15) is 9.59 Å². The molecule has 0 radical (unpaired) electrons. The van der Waals surface area contributed by atoms with Gasteiger partial charge in [-0.3, -0.25) is 18.8 Å². The van der Waals surface area contributed by atoms with Gasteiger partial charge in [-0.25, -0.2) is 4.98 Å². The van der Waals surface area contributed by atoms with Gasteiger partial charge < -0.3 is 5.32 Å². The third kappa shape index (κ3) is 2.68. The van der Waals surface area contributed by atoms with Crippen molar-refractivity contribution in [2.24, 2.45) is 7.05 Å². The SMILES string of the molecule is Cc1nn(C)c(NC(=O)Cn2cnc3c(C)cccc3c2=O)c1C. The van der Waals surface area contributed by atoms with E-state index in [0.717, 1.165) is 16.8 Å². The first-order valence-electron chi connectivity index (χ1n) is 7.63. The van der Waals surface area contributed by atoms with E-state index in [1.54, 1.807) is 17.8 Å². The largest absolute Gasteiger partial charge is 0.309 e. The number of carbonyl (C=O) groups is 1. The number of nitrogens with one attached hydrogen (secondary N) is 1. The number of anilines is 1. The maximum atomic E-state index is 12.5. The van der Waals surface area contributed by atoms with Gasteiger partial charge in [0.25, 0.3) is 5.56 Å². The van der Waals surface area contributed by atoms with E-state index in [4.69, 9.17) is 0 Å². The Kier molecular flexibility index (Phi) is 3.92. The van der Waals surface area contributed by atoms with Gasteiger partial charge in [-0.05, 0) is 32.4 Å². The van der Waals surface area contributed by atoms with Crippen LogP contribution in [0.15, 0.2) is 29.3 Å². The van der Waals surface area contributed by atoms with Gasteiger partial charge in [-0.15, -0.1) is 0 Å². The zero-order chi connectivity index (χ0) is 17.4. The van der Waals surface area contributed by atoms with Crippen LogP contribution >= 0.6 is 0 Å². The predicted molar refractivity (Wildman–Crippen MR) is 92.1 cm³/mol. The van der Waals surface area contributed by atoms with Gasteiger partial charge in [0.15, 0.2) is 0 Å². The molecule has 7 nitrogen and oxygen atoms in total. The minimum absolute atomic E-state index is 0.0978. The molecule has 7 heteroatoms. The molecule has 0 saturated heterocycles. The molecule has 24 heavy (non-hydrogen) atoms. The van der Waals surface area contributed by atoms with Crippen molar-refractivity contribution in [3.8, 4) is 0 Å². The molecular formula is C17H19N5O2. The molecular weight excluding hydrogens is 306 g/mol. The lowest BCUT2D eigenvalue weighted by Crippen LogP contribution is -2.28. The number of rotatable bonds is 3. The predicted octanol–water partition coefficient (Wildman–Crippen LogP) is 1.69. The number of hydrogen-bond donors (Lipinski definition) is 1. The number of fused-ring (bicyclic) bond motifs is 1. The van der Waals surface area contributed by atoms with Gasteiger partial charge in [0.2, 0.25) is 5.91 Å². The van der Waals surface area contributed by atoms with Crippen molar-refractivity contribution >= 4 is 22.6 Å². The van der Waals surface area contributed by atoms with Crippen molar-refractivity contribution in [3.05, 3.63) is 51.7 Å². The van der Waals surface area contributed by atoms with Crippen LogP contribution in [0.25, 0.3) is 10.9 Å². The smallest absolute Gasteiger partial charge is 0.261 e. The van der Waals surface area contributed by atoms with Crippen molar-refractivity contribution in [2.75, 3.05) is 5.32 Å².